The van der Waals surface area contributed by atoms with E-state index in [1.54, 1.807) is 0 Å². The summed E-state index contributed by atoms with van der Waals surface area (Å²) in [7, 11) is 0. The summed E-state index contributed by atoms with van der Waals surface area (Å²) < 4.78 is 0. The van der Waals surface area contributed by atoms with Crippen molar-refractivity contribution in [3.8, 4) is 0 Å². The predicted octanol–water partition coefficient (Wildman–Crippen LogP) is 2.56. The van der Waals surface area contributed by atoms with E-state index in [9.17, 15) is 9.59 Å². The smallest absolute Gasteiger partial charge is 0.303 e. The van der Waals surface area contributed by atoms with Crippen LogP contribution in [0.25, 0.3) is 0 Å². The van der Waals surface area contributed by atoms with Crippen molar-refractivity contribution < 1.29 is 14.7 Å². The minimum absolute atomic E-state index is 0.143. The van der Waals surface area contributed by atoms with E-state index in [1.807, 2.05) is 12.2 Å². The Morgan fingerprint density at radius 2 is 2.27 bits per heavy atom. The summed E-state index contributed by atoms with van der Waals surface area (Å²) in [5.41, 5.74) is 0. The van der Waals surface area contributed by atoms with Gasteiger partial charge >= 0.3 is 5.97 Å². The maximum Gasteiger partial charge on any atom is 0.303 e. The summed E-state index contributed by atoms with van der Waals surface area (Å²) in [6, 6.07) is 0. The molecule has 1 unspecified atom stereocenters. The highest BCUT2D eigenvalue weighted by Gasteiger charge is 2.20. The molecule has 0 amide bonds. The fraction of sp³-hybridized carbons (Fsp3) is 0.667. The lowest BCUT2D eigenvalue weighted by molar-refractivity contribution is -0.137. The van der Waals surface area contributed by atoms with E-state index >= 15 is 0 Å². The van der Waals surface area contributed by atoms with Gasteiger partial charge < -0.3 is 5.11 Å². The number of Topliss-reactive ketones (excluding diaryl/α,β-unsaturated/α-hetero) is 1. The van der Waals surface area contributed by atoms with Gasteiger partial charge in [-0.2, -0.15) is 0 Å². The molecule has 1 aliphatic carbocycles. The van der Waals surface area contributed by atoms with Crippen molar-refractivity contribution in [1.82, 2.24) is 0 Å². The summed E-state index contributed by atoms with van der Waals surface area (Å²) in [6.07, 6.45) is 9.51. The molecule has 84 valence electrons. The van der Waals surface area contributed by atoms with E-state index in [1.165, 1.54) is 0 Å². The zero-order valence-electron chi connectivity index (χ0n) is 8.95. The first kappa shape index (κ1) is 12.0. The largest absolute Gasteiger partial charge is 0.481 e. The summed E-state index contributed by atoms with van der Waals surface area (Å²) in [6.45, 7) is 0. The van der Waals surface area contributed by atoms with Crippen LogP contribution in [0.1, 0.15) is 44.9 Å². The van der Waals surface area contributed by atoms with Crippen molar-refractivity contribution in [1.29, 1.82) is 0 Å². The average molecular weight is 210 g/mol. The molecule has 1 N–H and O–H groups in total. The molecule has 1 atom stereocenters. The minimum atomic E-state index is -0.732. The zero-order valence-corrected chi connectivity index (χ0v) is 8.95. The highest BCUT2D eigenvalue weighted by Crippen LogP contribution is 2.22. The third-order valence-corrected chi connectivity index (χ3v) is 2.73. The molecule has 0 aromatic heterocycles. The Bertz CT molecular complexity index is 256. The Morgan fingerprint density at radius 1 is 1.47 bits per heavy atom. The second-order valence-electron chi connectivity index (χ2n) is 4.03. The minimum Gasteiger partial charge on any atom is -0.481 e. The molecule has 3 heteroatoms. The predicted molar refractivity (Wildman–Crippen MR) is 57.6 cm³/mol. The number of hydrogen-bond acceptors (Lipinski definition) is 2. The van der Waals surface area contributed by atoms with Crippen LogP contribution >= 0.6 is 0 Å². The van der Waals surface area contributed by atoms with E-state index in [-0.39, 0.29) is 12.3 Å². The number of rotatable bonds is 6. The number of carbonyl (C=O) groups excluding carboxylic acids is 1. The Balaban J connectivity index is 2.06. The normalized spacial score (nSPS) is 21.3. The van der Waals surface area contributed by atoms with Gasteiger partial charge in [-0.25, -0.2) is 0 Å². The monoisotopic (exact) mass is 210 g/mol. The molecular formula is C12H18O3. The van der Waals surface area contributed by atoms with E-state index in [2.05, 4.69) is 0 Å². The number of aliphatic carboxylic acids is 1. The summed E-state index contributed by atoms with van der Waals surface area (Å²) in [5.74, 6) is -0.230. The number of hydrogen-bond donors (Lipinski definition) is 1. The van der Waals surface area contributed by atoms with Crippen molar-refractivity contribution in [3.63, 3.8) is 0 Å². The van der Waals surface area contributed by atoms with E-state index in [0.717, 1.165) is 38.5 Å². The van der Waals surface area contributed by atoms with Crippen LogP contribution in [-0.4, -0.2) is 16.9 Å². The van der Waals surface area contributed by atoms with Gasteiger partial charge in [0.2, 0.25) is 0 Å². The lowest BCUT2D eigenvalue weighted by atomic mass is 10.1. The Labute approximate surface area is 90.2 Å². The highest BCUT2D eigenvalue weighted by molar-refractivity contribution is 5.84. The average Bonchev–Trinajstić information content (AvgIpc) is 2.57. The molecule has 0 radical (unpaired) electrons. The molecule has 15 heavy (non-hydrogen) atoms. The molecule has 3 nitrogen and oxygen atoms in total. The third kappa shape index (κ3) is 4.77. The van der Waals surface area contributed by atoms with Crippen molar-refractivity contribution in [3.05, 3.63) is 12.2 Å². The number of ketones is 1. The standard InChI is InChI=1S/C12H18O3/c13-11-8-5-7-10(11)6-3-1-2-4-9-12(14)15/h3,6,10H,1-2,4-5,7-9H2,(H,14,15). The lowest BCUT2D eigenvalue weighted by Gasteiger charge is -1.99. The van der Waals surface area contributed by atoms with Crippen LogP contribution in [0.3, 0.4) is 0 Å². The zero-order chi connectivity index (χ0) is 11.1. The Kier molecular flexibility index (Phi) is 5.08. The molecule has 0 aromatic carbocycles. The van der Waals surface area contributed by atoms with Crippen LogP contribution in [0, 0.1) is 5.92 Å². The van der Waals surface area contributed by atoms with Crippen LogP contribution < -0.4 is 0 Å². The van der Waals surface area contributed by atoms with Gasteiger partial charge in [0.15, 0.2) is 0 Å². The maximum absolute atomic E-state index is 11.3. The lowest BCUT2D eigenvalue weighted by Crippen LogP contribution is -2.01. The van der Waals surface area contributed by atoms with Gasteiger partial charge in [-0.1, -0.05) is 12.2 Å². The number of carbonyl (C=O) groups is 2. The van der Waals surface area contributed by atoms with Crippen LogP contribution in [-0.2, 0) is 9.59 Å². The molecule has 1 saturated carbocycles. The number of unbranched alkanes of at least 4 members (excludes halogenated alkanes) is 2. The summed E-state index contributed by atoms with van der Waals surface area (Å²) in [4.78, 5) is 21.5. The molecule has 0 aliphatic heterocycles. The van der Waals surface area contributed by atoms with Gasteiger partial charge in [-0.3, -0.25) is 9.59 Å². The summed E-state index contributed by atoms with van der Waals surface area (Å²) >= 11 is 0. The van der Waals surface area contributed by atoms with Crippen LogP contribution in [0.4, 0.5) is 0 Å². The van der Waals surface area contributed by atoms with Gasteiger partial charge in [0.05, 0.1) is 0 Å². The fourth-order valence-corrected chi connectivity index (χ4v) is 1.85. The topological polar surface area (TPSA) is 54.4 Å². The van der Waals surface area contributed by atoms with Crippen molar-refractivity contribution >= 4 is 11.8 Å². The fourth-order valence-electron chi connectivity index (χ4n) is 1.85. The molecule has 0 bridgehead atoms. The molecule has 0 heterocycles. The molecule has 0 spiro atoms. The molecule has 1 aliphatic rings. The Hall–Kier alpha value is -1.12. The van der Waals surface area contributed by atoms with Crippen molar-refractivity contribution in [2.75, 3.05) is 0 Å². The Morgan fingerprint density at radius 3 is 2.87 bits per heavy atom. The molecular weight excluding hydrogens is 192 g/mol. The van der Waals surface area contributed by atoms with Gasteiger partial charge in [0.1, 0.15) is 5.78 Å². The van der Waals surface area contributed by atoms with Crippen LogP contribution in [0.2, 0.25) is 0 Å². The molecule has 1 fully saturated rings. The molecule has 1 rings (SSSR count). The maximum atomic E-state index is 11.3. The van der Waals surface area contributed by atoms with Crippen molar-refractivity contribution in [2.45, 2.75) is 44.9 Å². The first-order valence-corrected chi connectivity index (χ1v) is 5.61. The van der Waals surface area contributed by atoms with Crippen LogP contribution in [0.15, 0.2) is 12.2 Å². The first-order valence-electron chi connectivity index (χ1n) is 5.61. The van der Waals surface area contributed by atoms with Gasteiger partial charge in [0.25, 0.3) is 0 Å². The molecule has 0 aromatic rings. The second kappa shape index (κ2) is 6.38. The van der Waals surface area contributed by atoms with Gasteiger partial charge in [-0.05, 0) is 32.1 Å². The number of carboxylic acid groups (broad SMARTS) is 1. The quantitative estimate of drug-likeness (QED) is 0.541. The van der Waals surface area contributed by atoms with Crippen molar-refractivity contribution in [2.24, 2.45) is 5.92 Å². The third-order valence-electron chi connectivity index (χ3n) is 2.73. The molecule has 0 saturated heterocycles. The summed E-state index contributed by atoms with van der Waals surface area (Å²) in [5, 5.41) is 8.41. The SMILES string of the molecule is O=C(O)CCCCC=CC1CCCC1=O. The van der Waals surface area contributed by atoms with Gasteiger partial charge in [0, 0.05) is 18.8 Å². The first-order chi connectivity index (χ1) is 7.20. The van der Waals surface area contributed by atoms with E-state index in [4.69, 9.17) is 5.11 Å². The van der Waals surface area contributed by atoms with Crippen LogP contribution in [0.5, 0.6) is 0 Å². The number of carboxylic acids is 1. The van der Waals surface area contributed by atoms with Gasteiger partial charge in [-0.15, -0.1) is 0 Å². The van der Waals surface area contributed by atoms with E-state index < -0.39 is 5.97 Å². The highest BCUT2D eigenvalue weighted by atomic mass is 16.4. The number of allylic oxidation sites excluding steroid dienone is 2. The van der Waals surface area contributed by atoms with E-state index in [0.29, 0.717) is 5.78 Å². The second-order valence-corrected chi connectivity index (χ2v) is 4.03.